The van der Waals surface area contributed by atoms with E-state index in [2.05, 4.69) is 43.2 Å². The van der Waals surface area contributed by atoms with Gasteiger partial charge in [-0.1, -0.05) is 18.9 Å². The third-order valence-corrected chi connectivity index (χ3v) is 2.19. The molecule has 1 N–H and O–H groups in total. The summed E-state index contributed by atoms with van der Waals surface area (Å²) in [6.45, 7) is 8.94. The zero-order valence-corrected chi connectivity index (χ0v) is 10.1. The van der Waals surface area contributed by atoms with Gasteiger partial charge in [0.1, 0.15) is 0 Å². The van der Waals surface area contributed by atoms with Crippen molar-refractivity contribution in [1.29, 1.82) is 0 Å². The van der Waals surface area contributed by atoms with E-state index in [9.17, 15) is 0 Å². The van der Waals surface area contributed by atoms with Crippen LogP contribution in [0.1, 0.15) is 33.6 Å². The van der Waals surface area contributed by atoms with E-state index in [0.717, 1.165) is 0 Å². The number of hydrogen-bond donors (Lipinski definition) is 1. The number of aromatic nitrogens is 2. The molecule has 0 saturated carbocycles. The topological polar surface area (TPSA) is 54.2 Å². The van der Waals surface area contributed by atoms with Crippen LogP contribution in [0, 0.1) is 0 Å². The van der Waals surface area contributed by atoms with Gasteiger partial charge in [-0.25, -0.2) is 0 Å². The van der Waals surface area contributed by atoms with Crippen molar-refractivity contribution in [1.82, 2.24) is 15.5 Å². The number of nitrogens with one attached hydrogen (secondary N) is 1. The fraction of sp³-hybridized carbons (Fsp3) is 0.800. The highest BCUT2D eigenvalue weighted by Gasteiger charge is 2.12. The molecule has 1 heterocycles. The smallest absolute Gasteiger partial charge is 0.318 e. The molecule has 0 spiro atoms. The third kappa shape index (κ3) is 3.51. The Hall–Kier alpha value is -1.10. The minimum absolute atomic E-state index is 0.358. The molecule has 1 aromatic heterocycles. The largest absolute Gasteiger partial charge is 0.407 e. The molecular formula is C10H20N4O. The van der Waals surface area contributed by atoms with Crippen LogP contribution in [0.3, 0.4) is 0 Å². The molecule has 5 heteroatoms. The predicted octanol–water partition coefficient (Wildman–Crippen LogP) is 1.41. The van der Waals surface area contributed by atoms with Crippen molar-refractivity contribution < 1.29 is 4.42 Å². The van der Waals surface area contributed by atoms with Gasteiger partial charge in [0.15, 0.2) is 0 Å². The maximum atomic E-state index is 5.50. The number of hydrogen-bond acceptors (Lipinski definition) is 5. The molecule has 0 aliphatic carbocycles. The van der Waals surface area contributed by atoms with Crippen LogP contribution < -0.4 is 10.2 Å². The van der Waals surface area contributed by atoms with E-state index in [1.165, 1.54) is 0 Å². The minimum Gasteiger partial charge on any atom is -0.407 e. The van der Waals surface area contributed by atoms with Crippen LogP contribution in [0.2, 0.25) is 0 Å². The van der Waals surface area contributed by atoms with Gasteiger partial charge in [-0.05, 0) is 13.8 Å². The van der Waals surface area contributed by atoms with Crippen molar-refractivity contribution in [3.8, 4) is 0 Å². The first-order valence-electron chi connectivity index (χ1n) is 5.29. The van der Waals surface area contributed by atoms with E-state index in [1.54, 1.807) is 0 Å². The Balaban J connectivity index is 2.56. The van der Waals surface area contributed by atoms with E-state index in [4.69, 9.17) is 4.42 Å². The lowest BCUT2D eigenvalue weighted by Gasteiger charge is -2.17. The van der Waals surface area contributed by atoms with Gasteiger partial charge in [0, 0.05) is 19.1 Å². The Morgan fingerprint density at radius 2 is 1.93 bits per heavy atom. The third-order valence-electron chi connectivity index (χ3n) is 2.19. The zero-order valence-electron chi connectivity index (χ0n) is 10.1. The quantitative estimate of drug-likeness (QED) is 0.799. The van der Waals surface area contributed by atoms with Crippen LogP contribution in [-0.2, 0) is 6.54 Å². The molecule has 0 amide bonds. The first-order chi connectivity index (χ1) is 7.00. The standard InChI is InChI=1S/C10H20N4O/c1-7(2)11-6-9-12-13-10(15-9)14(5)8(3)4/h7-8,11H,6H2,1-5H3. The molecule has 0 aliphatic rings. The molecule has 0 radical (unpaired) electrons. The van der Waals surface area contributed by atoms with Crippen LogP contribution in [0.15, 0.2) is 4.42 Å². The van der Waals surface area contributed by atoms with Gasteiger partial charge in [0.05, 0.1) is 6.54 Å². The van der Waals surface area contributed by atoms with E-state index in [1.807, 2.05) is 11.9 Å². The highest BCUT2D eigenvalue weighted by atomic mass is 16.4. The summed E-state index contributed by atoms with van der Waals surface area (Å²) < 4.78 is 5.50. The molecule has 0 aliphatic heterocycles. The second kappa shape index (κ2) is 5.11. The Kier molecular flexibility index (Phi) is 4.08. The Morgan fingerprint density at radius 1 is 1.27 bits per heavy atom. The summed E-state index contributed by atoms with van der Waals surface area (Å²) >= 11 is 0. The molecule has 0 unspecified atom stereocenters. The van der Waals surface area contributed by atoms with Crippen LogP contribution in [0.5, 0.6) is 0 Å². The number of anilines is 1. The van der Waals surface area contributed by atoms with Gasteiger partial charge >= 0.3 is 6.01 Å². The lowest BCUT2D eigenvalue weighted by Crippen LogP contribution is -2.25. The van der Waals surface area contributed by atoms with E-state index >= 15 is 0 Å². The van der Waals surface area contributed by atoms with Gasteiger partial charge in [-0.2, -0.15) is 0 Å². The van der Waals surface area contributed by atoms with Crippen molar-refractivity contribution in [3.05, 3.63) is 5.89 Å². The summed E-state index contributed by atoms with van der Waals surface area (Å²) in [4.78, 5) is 1.95. The van der Waals surface area contributed by atoms with Gasteiger partial charge < -0.3 is 14.6 Å². The fourth-order valence-electron chi connectivity index (χ4n) is 0.971. The molecule has 1 aromatic rings. The summed E-state index contributed by atoms with van der Waals surface area (Å²) in [5, 5.41) is 11.2. The molecule has 0 aromatic carbocycles. The van der Waals surface area contributed by atoms with Gasteiger partial charge in [-0.3, -0.25) is 0 Å². The lowest BCUT2D eigenvalue weighted by atomic mass is 10.4. The zero-order chi connectivity index (χ0) is 11.4. The van der Waals surface area contributed by atoms with Crippen LogP contribution in [0.4, 0.5) is 6.01 Å². The molecule has 0 atom stereocenters. The van der Waals surface area contributed by atoms with Crippen molar-refractivity contribution in [2.45, 2.75) is 46.3 Å². The monoisotopic (exact) mass is 212 g/mol. The van der Waals surface area contributed by atoms with Gasteiger partial charge in [0.25, 0.3) is 0 Å². The van der Waals surface area contributed by atoms with Crippen LogP contribution in [-0.4, -0.2) is 29.3 Å². The molecule has 15 heavy (non-hydrogen) atoms. The van der Waals surface area contributed by atoms with Gasteiger partial charge in [0.2, 0.25) is 5.89 Å². The highest BCUT2D eigenvalue weighted by molar-refractivity contribution is 5.23. The number of rotatable bonds is 5. The maximum absolute atomic E-state index is 5.50. The van der Waals surface area contributed by atoms with Crippen LogP contribution >= 0.6 is 0 Å². The van der Waals surface area contributed by atoms with E-state index in [-0.39, 0.29) is 0 Å². The average Bonchev–Trinajstić information content (AvgIpc) is 2.61. The van der Waals surface area contributed by atoms with Crippen LogP contribution in [0.25, 0.3) is 0 Å². The first kappa shape index (κ1) is 12.0. The lowest BCUT2D eigenvalue weighted by molar-refractivity contribution is 0.445. The summed E-state index contributed by atoms with van der Waals surface area (Å²) in [5.41, 5.74) is 0. The molecule has 1 rings (SSSR count). The SMILES string of the molecule is CC(C)NCc1nnc(N(C)C(C)C)o1. The second-order valence-corrected chi connectivity index (χ2v) is 4.22. The maximum Gasteiger partial charge on any atom is 0.318 e. The molecule has 0 saturated heterocycles. The summed E-state index contributed by atoms with van der Waals surface area (Å²) in [6, 6.07) is 1.35. The normalized spacial score (nSPS) is 11.4. The van der Waals surface area contributed by atoms with Crippen molar-refractivity contribution in [3.63, 3.8) is 0 Å². The first-order valence-corrected chi connectivity index (χ1v) is 5.29. The minimum atomic E-state index is 0.358. The van der Waals surface area contributed by atoms with Crippen molar-refractivity contribution in [2.75, 3.05) is 11.9 Å². The summed E-state index contributed by atoms with van der Waals surface area (Å²) in [5.74, 6) is 0.631. The van der Waals surface area contributed by atoms with Gasteiger partial charge in [-0.15, -0.1) is 5.10 Å². The fourth-order valence-corrected chi connectivity index (χ4v) is 0.971. The molecule has 86 valence electrons. The molecule has 0 bridgehead atoms. The Labute approximate surface area is 90.9 Å². The summed E-state index contributed by atoms with van der Waals surface area (Å²) in [7, 11) is 1.94. The molecule has 0 fully saturated rings. The van der Waals surface area contributed by atoms with Crippen molar-refractivity contribution in [2.24, 2.45) is 0 Å². The van der Waals surface area contributed by atoms with E-state index < -0.39 is 0 Å². The molecule has 5 nitrogen and oxygen atoms in total. The average molecular weight is 212 g/mol. The predicted molar refractivity (Wildman–Crippen MR) is 59.8 cm³/mol. The number of nitrogens with zero attached hydrogens (tertiary/aromatic N) is 3. The highest BCUT2D eigenvalue weighted by Crippen LogP contribution is 2.12. The van der Waals surface area contributed by atoms with E-state index in [0.29, 0.717) is 30.5 Å². The van der Waals surface area contributed by atoms with Crippen molar-refractivity contribution >= 4 is 6.01 Å². The Bertz CT molecular complexity index is 295. The molecular weight excluding hydrogens is 192 g/mol. The second-order valence-electron chi connectivity index (χ2n) is 4.22. The Morgan fingerprint density at radius 3 is 2.47 bits per heavy atom. The summed E-state index contributed by atoms with van der Waals surface area (Å²) in [6.07, 6.45) is 0.